The molecule has 0 aliphatic carbocycles. The summed E-state index contributed by atoms with van der Waals surface area (Å²) in [7, 11) is 0. The van der Waals surface area contributed by atoms with Crippen molar-refractivity contribution in [3.63, 3.8) is 0 Å². The van der Waals surface area contributed by atoms with Crippen LogP contribution in [0, 0.1) is 6.92 Å². The topological polar surface area (TPSA) is 12.0 Å². The molecular formula is C16H16Cl3N. The van der Waals surface area contributed by atoms with Crippen molar-refractivity contribution in [2.75, 3.05) is 6.54 Å². The summed E-state index contributed by atoms with van der Waals surface area (Å²) in [6.45, 7) is 4.91. The molecule has 2 aromatic carbocycles. The quantitative estimate of drug-likeness (QED) is 0.764. The SMILES string of the molecule is CCNC(c1ccc(Cl)c(C)c1)c1ccc(Cl)cc1Cl. The van der Waals surface area contributed by atoms with E-state index < -0.39 is 0 Å². The van der Waals surface area contributed by atoms with E-state index in [1.54, 1.807) is 6.07 Å². The molecule has 0 aromatic heterocycles. The number of rotatable bonds is 4. The van der Waals surface area contributed by atoms with Gasteiger partial charge in [0.1, 0.15) is 0 Å². The zero-order chi connectivity index (χ0) is 14.7. The van der Waals surface area contributed by atoms with Crippen molar-refractivity contribution in [1.82, 2.24) is 5.32 Å². The third-order valence-corrected chi connectivity index (χ3v) is 4.18. The van der Waals surface area contributed by atoms with Crippen LogP contribution in [0.5, 0.6) is 0 Å². The van der Waals surface area contributed by atoms with E-state index in [0.717, 1.165) is 28.3 Å². The fourth-order valence-electron chi connectivity index (χ4n) is 2.19. The van der Waals surface area contributed by atoms with Crippen molar-refractivity contribution in [3.8, 4) is 0 Å². The summed E-state index contributed by atoms with van der Waals surface area (Å²) in [5.74, 6) is 0. The van der Waals surface area contributed by atoms with E-state index in [-0.39, 0.29) is 6.04 Å². The summed E-state index contributed by atoms with van der Waals surface area (Å²) < 4.78 is 0. The molecule has 0 saturated heterocycles. The van der Waals surface area contributed by atoms with Gasteiger partial charge < -0.3 is 5.32 Å². The highest BCUT2D eigenvalue weighted by Crippen LogP contribution is 2.31. The Hall–Kier alpha value is -0.730. The molecule has 0 aliphatic rings. The van der Waals surface area contributed by atoms with Crippen molar-refractivity contribution in [2.45, 2.75) is 19.9 Å². The minimum Gasteiger partial charge on any atom is -0.306 e. The number of benzene rings is 2. The molecule has 1 unspecified atom stereocenters. The highest BCUT2D eigenvalue weighted by Gasteiger charge is 2.17. The van der Waals surface area contributed by atoms with E-state index in [4.69, 9.17) is 34.8 Å². The Bertz CT molecular complexity index is 611. The maximum atomic E-state index is 6.33. The molecule has 2 rings (SSSR count). The van der Waals surface area contributed by atoms with Crippen molar-refractivity contribution in [3.05, 3.63) is 68.2 Å². The van der Waals surface area contributed by atoms with Crippen molar-refractivity contribution in [2.24, 2.45) is 0 Å². The van der Waals surface area contributed by atoms with Crippen molar-refractivity contribution < 1.29 is 0 Å². The summed E-state index contributed by atoms with van der Waals surface area (Å²) in [5, 5.41) is 5.52. The lowest BCUT2D eigenvalue weighted by Crippen LogP contribution is -2.22. The summed E-state index contributed by atoms with van der Waals surface area (Å²) >= 11 is 18.4. The fraction of sp³-hybridized carbons (Fsp3) is 0.250. The molecule has 20 heavy (non-hydrogen) atoms. The molecule has 0 radical (unpaired) electrons. The van der Waals surface area contributed by atoms with Crippen LogP contribution in [0.3, 0.4) is 0 Å². The first-order chi connectivity index (χ1) is 9.52. The molecule has 0 saturated carbocycles. The lowest BCUT2D eigenvalue weighted by atomic mass is 9.97. The lowest BCUT2D eigenvalue weighted by molar-refractivity contribution is 0.630. The molecule has 0 aliphatic heterocycles. The Morgan fingerprint density at radius 3 is 2.35 bits per heavy atom. The molecule has 1 atom stereocenters. The predicted octanol–water partition coefficient (Wildman–Crippen LogP) is 5.65. The Labute approximate surface area is 134 Å². The van der Waals surface area contributed by atoms with Gasteiger partial charge in [0.15, 0.2) is 0 Å². The van der Waals surface area contributed by atoms with E-state index in [1.807, 2.05) is 31.2 Å². The van der Waals surface area contributed by atoms with Crippen LogP contribution >= 0.6 is 34.8 Å². The second-order valence-electron chi connectivity index (χ2n) is 4.67. The van der Waals surface area contributed by atoms with Crippen molar-refractivity contribution in [1.29, 1.82) is 0 Å². The zero-order valence-corrected chi connectivity index (χ0v) is 13.7. The second kappa shape index (κ2) is 6.82. The minimum atomic E-state index is 0.0285. The molecule has 0 fully saturated rings. The van der Waals surface area contributed by atoms with Crippen LogP contribution in [0.2, 0.25) is 15.1 Å². The molecule has 1 nitrogen and oxygen atoms in total. The van der Waals surface area contributed by atoms with Crippen LogP contribution in [0.15, 0.2) is 36.4 Å². The lowest BCUT2D eigenvalue weighted by Gasteiger charge is -2.21. The van der Waals surface area contributed by atoms with Crippen LogP contribution < -0.4 is 5.32 Å². The third kappa shape index (κ3) is 3.48. The van der Waals surface area contributed by atoms with E-state index in [1.165, 1.54) is 0 Å². The van der Waals surface area contributed by atoms with E-state index in [0.29, 0.717) is 10.0 Å². The standard InChI is InChI=1S/C16H16Cl3N/c1-3-20-16(11-4-7-14(18)10(2)8-11)13-6-5-12(17)9-15(13)19/h4-9,16,20H,3H2,1-2H3. The maximum Gasteiger partial charge on any atom is 0.0591 e. The van der Waals surface area contributed by atoms with E-state index in [2.05, 4.69) is 18.3 Å². The summed E-state index contributed by atoms with van der Waals surface area (Å²) in [4.78, 5) is 0. The van der Waals surface area contributed by atoms with E-state index in [9.17, 15) is 0 Å². The van der Waals surface area contributed by atoms with Gasteiger partial charge >= 0.3 is 0 Å². The number of nitrogens with one attached hydrogen (secondary N) is 1. The number of aryl methyl sites for hydroxylation is 1. The first kappa shape index (κ1) is 15.7. The average Bonchev–Trinajstić information content (AvgIpc) is 2.40. The Kier molecular flexibility index (Phi) is 5.34. The highest BCUT2D eigenvalue weighted by atomic mass is 35.5. The summed E-state index contributed by atoms with van der Waals surface area (Å²) in [6, 6.07) is 11.6. The number of hydrogen-bond acceptors (Lipinski definition) is 1. The van der Waals surface area contributed by atoms with Crippen LogP contribution in [0.1, 0.15) is 29.7 Å². The molecule has 0 amide bonds. The molecule has 0 bridgehead atoms. The van der Waals surface area contributed by atoms with Gasteiger partial charge in [-0.3, -0.25) is 0 Å². The van der Waals surface area contributed by atoms with Gasteiger partial charge in [0.25, 0.3) is 0 Å². The van der Waals surface area contributed by atoms with Gasteiger partial charge in [-0.2, -0.15) is 0 Å². The monoisotopic (exact) mass is 327 g/mol. The Morgan fingerprint density at radius 2 is 1.75 bits per heavy atom. The third-order valence-electron chi connectivity index (χ3n) is 3.20. The fourth-order valence-corrected chi connectivity index (χ4v) is 2.83. The average molecular weight is 329 g/mol. The maximum absolute atomic E-state index is 6.33. The molecular weight excluding hydrogens is 313 g/mol. The number of halogens is 3. The summed E-state index contributed by atoms with van der Waals surface area (Å²) in [5.41, 5.74) is 3.20. The van der Waals surface area contributed by atoms with Gasteiger partial charge in [-0.25, -0.2) is 0 Å². The van der Waals surface area contributed by atoms with Gasteiger partial charge in [0.2, 0.25) is 0 Å². The molecule has 0 heterocycles. The predicted molar refractivity (Wildman–Crippen MR) is 88.2 cm³/mol. The first-order valence-corrected chi connectivity index (χ1v) is 7.60. The van der Waals surface area contributed by atoms with E-state index >= 15 is 0 Å². The molecule has 2 aromatic rings. The van der Waals surface area contributed by atoms with Gasteiger partial charge in [-0.15, -0.1) is 0 Å². The normalized spacial score (nSPS) is 12.4. The molecule has 4 heteroatoms. The molecule has 0 spiro atoms. The largest absolute Gasteiger partial charge is 0.306 e. The first-order valence-electron chi connectivity index (χ1n) is 6.47. The van der Waals surface area contributed by atoms with Gasteiger partial charge in [0, 0.05) is 15.1 Å². The van der Waals surface area contributed by atoms with Crippen LogP contribution in [-0.2, 0) is 0 Å². The van der Waals surface area contributed by atoms with Gasteiger partial charge in [-0.05, 0) is 48.4 Å². The zero-order valence-electron chi connectivity index (χ0n) is 11.4. The second-order valence-corrected chi connectivity index (χ2v) is 5.92. The number of hydrogen-bond donors (Lipinski definition) is 1. The van der Waals surface area contributed by atoms with Gasteiger partial charge in [0.05, 0.1) is 6.04 Å². The smallest absolute Gasteiger partial charge is 0.0591 e. The Morgan fingerprint density at radius 1 is 1.00 bits per heavy atom. The molecule has 1 N–H and O–H groups in total. The highest BCUT2D eigenvalue weighted by molar-refractivity contribution is 6.35. The Balaban J connectivity index is 2.47. The molecule has 106 valence electrons. The van der Waals surface area contributed by atoms with Crippen molar-refractivity contribution >= 4 is 34.8 Å². The van der Waals surface area contributed by atoms with Crippen LogP contribution in [-0.4, -0.2) is 6.54 Å². The minimum absolute atomic E-state index is 0.0285. The summed E-state index contributed by atoms with van der Waals surface area (Å²) in [6.07, 6.45) is 0. The van der Waals surface area contributed by atoms with Crippen LogP contribution in [0.4, 0.5) is 0 Å². The van der Waals surface area contributed by atoms with Crippen LogP contribution in [0.25, 0.3) is 0 Å². The van der Waals surface area contributed by atoms with Gasteiger partial charge in [-0.1, -0.05) is 59.9 Å².